The van der Waals surface area contributed by atoms with Crippen molar-refractivity contribution in [2.45, 2.75) is 46.8 Å². The van der Waals surface area contributed by atoms with Gasteiger partial charge in [0.1, 0.15) is 5.82 Å². The number of halogens is 1. The van der Waals surface area contributed by atoms with Crippen LogP contribution < -0.4 is 5.32 Å². The van der Waals surface area contributed by atoms with E-state index in [0.29, 0.717) is 17.4 Å². The van der Waals surface area contributed by atoms with Crippen molar-refractivity contribution in [3.8, 4) is 0 Å². The third kappa shape index (κ3) is 4.59. The smallest absolute Gasteiger partial charge is 0.126 e. The molecule has 1 aromatic rings. The van der Waals surface area contributed by atoms with Gasteiger partial charge in [-0.05, 0) is 42.5 Å². The van der Waals surface area contributed by atoms with Crippen LogP contribution in [0.3, 0.4) is 0 Å². The molecule has 19 heavy (non-hydrogen) atoms. The summed E-state index contributed by atoms with van der Waals surface area (Å²) in [6.45, 7) is 11.0. The number of hydrogen-bond acceptors (Lipinski definition) is 2. The van der Waals surface area contributed by atoms with E-state index in [4.69, 9.17) is 0 Å². The maximum Gasteiger partial charge on any atom is 0.126 e. The molecule has 0 aliphatic carbocycles. The standard InChI is InChI=1S/C16H26FNO/c1-10(2)9-18-15(11(3)4)16(19)13-6-7-14(17)12(5)8-13/h6-8,10-11,15-16,18-19H,9H2,1-5H3. The van der Waals surface area contributed by atoms with Gasteiger partial charge in [-0.3, -0.25) is 0 Å². The van der Waals surface area contributed by atoms with Crippen LogP contribution in [0.25, 0.3) is 0 Å². The van der Waals surface area contributed by atoms with Gasteiger partial charge < -0.3 is 10.4 Å². The van der Waals surface area contributed by atoms with Gasteiger partial charge in [0, 0.05) is 6.04 Å². The zero-order valence-corrected chi connectivity index (χ0v) is 12.6. The molecule has 0 spiro atoms. The summed E-state index contributed by atoms with van der Waals surface area (Å²) in [4.78, 5) is 0. The number of aliphatic hydroxyl groups excluding tert-OH is 1. The summed E-state index contributed by atoms with van der Waals surface area (Å²) in [5.41, 5.74) is 1.34. The van der Waals surface area contributed by atoms with Gasteiger partial charge in [-0.25, -0.2) is 4.39 Å². The summed E-state index contributed by atoms with van der Waals surface area (Å²) >= 11 is 0. The molecular weight excluding hydrogens is 241 g/mol. The molecule has 0 amide bonds. The molecule has 1 rings (SSSR count). The third-order valence-electron chi connectivity index (χ3n) is 3.34. The minimum Gasteiger partial charge on any atom is -0.387 e. The van der Waals surface area contributed by atoms with E-state index in [0.717, 1.165) is 12.1 Å². The van der Waals surface area contributed by atoms with Crippen LogP contribution in [0.1, 0.15) is 44.9 Å². The van der Waals surface area contributed by atoms with E-state index in [-0.39, 0.29) is 11.9 Å². The van der Waals surface area contributed by atoms with Crippen LogP contribution in [0, 0.1) is 24.6 Å². The highest BCUT2D eigenvalue weighted by atomic mass is 19.1. The Hall–Kier alpha value is -0.930. The highest BCUT2D eigenvalue weighted by Gasteiger charge is 2.24. The molecule has 0 heterocycles. The Bertz CT molecular complexity index is 404. The second kappa shape index (κ2) is 7.01. The van der Waals surface area contributed by atoms with Crippen molar-refractivity contribution < 1.29 is 9.50 Å². The van der Waals surface area contributed by atoms with E-state index < -0.39 is 6.10 Å². The molecule has 0 radical (unpaired) electrons. The molecule has 2 nitrogen and oxygen atoms in total. The summed E-state index contributed by atoms with van der Waals surface area (Å²) < 4.78 is 13.3. The molecule has 2 N–H and O–H groups in total. The van der Waals surface area contributed by atoms with Gasteiger partial charge in [0.05, 0.1) is 6.10 Å². The number of hydrogen-bond donors (Lipinski definition) is 2. The lowest BCUT2D eigenvalue weighted by Gasteiger charge is -2.29. The molecule has 1 aromatic carbocycles. The molecule has 3 heteroatoms. The second-order valence-electron chi connectivity index (χ2n) is 6.03. The predicted octanol–water partition coefficient (Wildman–Crippen LogP) is 3.44. The van der Waals surface area contributed by atoms with Gasteiger partial charge in [-0.1, -0.05) is 39.8 Å². The fourth-order valence-corrected chi connectivity index (χ4v) is 2.14. The summed E-state index contributed by atoms with van der Waals surface area (Å²) in [7, 11) is 0. The summed E-state index contributed by atoms with van der Waals surface area (Å²) in [5, 5.41) is 13.9. The summed E-state index contributed by atoms with van der Waals surface area (Å²) in [6.07, 6.45) is -0.613. The lowest BCUT2D eigenvalue weighted by Crippen LogP contribution is -2.41. The number of benzene rings is 1. The molecular formula is C16H26FNO. The van der Waals surface area contributed by atoms with Crippen molar-refractivity contribution in [2.24, 2.45) is 11.8 Å². The molecule has 0 saturated carbocycles. The normalized spacial score (nSPS) is 15.0. The van der Waals surface area contributed by atoms with Gasteiger partial charge >= 0.3 is 0 Å². The predicted molar refractivity (Wildman–Crippen MR) is 77.6 cm³/mol. The average molecular weight is 267 g/mol. The van der Waals surface area contributed by atoms with Crippen molar-refractivity contribution in [2.75, 3.05) is 6.54 Å². The van der Waals surface area contributed by atoms with E-state index in [2.05, 4.69) is 33.0 Å². The maximum absolute atomic E-state index is 13.3. The van der Waals surface area contributed by atoms with Gasteiger partial charge in [-0.2, -0.15) is 0 Å². The molecule has 0 bridgehead atoms. The highest BCUT2D eigenvalue weighted by molar-refractivity contribution is 5.26. The largest absolute Gasteiger partial charge is 0.387 e. The second-order valence-corrected chi connectivity index (χ2v) is 6.03. The number of aryl methyl sites for hydroxylation is 1. The van der Waals surface area contributed by atoms with Crippen LogP contribution in [0.5, 0.6) is 0 Å². The van der Waals surface area contributed by atoms with Crippen LogP contribution in [0.15, 0.2) is 18.2 Å². The van der Waals surface area contributed by atoms with Crippen LogP contribution in [-0.4, -0.2) is 17.7 Å². The first-order valence-electron chi connectivity index (χ1n) is 7.00. The van der Waals surface area contributed by atoms with Crippen molar-refractivity contribution in [3.05, 3.63) is 35.1 Å². The Morgan fingerprint density at radius 2 is 1.84 bits per heavy atom. The fraction of sp³-hybridized carbons (Fsp3) is 0.625. The maximum atomic E-state index is 13.3. The molecule has 2 unspecified atom stereocenters. The molecule has 0 aliphatic rings. The summed E-state index contributed by atoms with van der Waals surface area (Å²) in [5.74, 6) is 0.606. The van der Waals surface area contributed by atoms with E-state index in [1.54, 1.807) is 19.1 Å². The number of aliphatic hydroxyl groups is 1. The van der Waals surface area contributed by atoms with Crippen LogP contribution in [-0.2, 0) is 0 Å². The van der Waals surface area contributed by atoms with Crippen molar-refractivity contribution in [1.29, 1.82) is 0 Å². The molecule has 0 saturated heterocycles. The van der Waals surface area contributed by atoms with Gasteiger partial charge in [0.2, 0.25) is 0 Å². The molecule has 0 aliphatic heterocycles. The van der Waals surface area contributed by atoms with Crippen LogP contribution >= 0.6 is 0 Å². The third-order valence-corrected chi connectivity index (χ3v) is 3.34. The van der Waals surface area contributed by atoms with Gasteiger partial charge in [-0.15, -0.1) is 0 Å². The first kappa shape index (κ1) is 16.1. The Morgan fingerprint density at radius 3 is 2.32 bits per heavy atom. The quantitative estimate of drug-likeness (QED) is 0.827. The van der Waals surface area contributed by atoms with Gasteiger partial charge in [0.25, 0.3) is 0 Å². The lowest BCUT2D eigenvalue weighted by atomic mass is 9.92. The van der Waals surface area contributed by atoms with Crippen molar-refractivity contribution in [3.63, 3.8) is 0 Å². The molecule has 2 atom stereocenters. The molecule has 0 fully saturated rings. The van der Waals surface area contributed by atoms with Gasteiger partial charge in [0.15, 0.2) is 0 Å². The van der Waals surface area contributed by atoms with Crippen LogP contribution in [0.4, 0.5) is 4.39 Å². The first-order valence-corrected chi connectivity index (χ1v) is 7.00. The minimum absolute atomic E-state index is 0.0211. The lowest BCUT2D eigenvalue weighted by molar-refractivity contribution is 0.103. The first-order chi connectivity index (χ1) is 8.82. The SMILES string of the molecule is Cc1cc(C(O)C(NCC(C)C)C(C)C)ccc1F. The number of nitrogens with one attached hydrogen (secondary N) is 1. The zero-order valence-electron chi connectivity index (χ0n) is 12.6. The number of rotatable bonds is 6. The highest BCUT2D eigenvalue weighted by Crippen LogP contribution is 2.23. The Morgan fingerprint density at radius 1 is 1.21 bits per heavy atom. The van der Waals surface area contributed by atoms with E-state index in [1.165, 1.54) is 6.07 Å². The van der Waals surface area contributed by atoms with Crippen LogP contribution in [0.2, 0.25) is 0 Å². The Kier molecular flexibility index (Phi) is 5.95. The van der Waals surface area contributed by atoms with E-state index >= 15 is 0 Å². The Labute approximate surface area is 116 Å². The minimum atomic E-state index is -0.613. The Balaban J connectivity index is 2.85. The van der Waals surface area contributed by atoms with Crippen molar-refractivity contribution in [1.82, 2.24) is 5.32 Å². The topological polar surface area (TPSA) is 32.3 Å². The zero-order chi connectivity index (χ0) is 14.6. The van der Waals surface area contributed by atoms with E-state index in [1.807, 2.05) is 0 Å². The molecule has 0 aromatic heterocycles. The monoisotopic (exact) mass is 267 g/mol. The van der Waals surface area contributed by atoms with Crippen molar-refractivity contribution >= 4 is 0 Å². The summed E-state index contributed by atoms with van der Waals surface area (Å²) in [6, 6.07) is 4.80. The van der Waals surface area contributed by atoms with E-state index in [9.17, 15) is 9.50 Å². The fourth-order valence-electron chi connectivity index (χ4n) is 2.14. The average Bonchev–Trinajstić information content (AvgIpc) is 2.31. The molecule has 108 valence electrons.